The smallest absolute Gasteiger partial charge is 0.340 e. The SMILES string of the molecule is CCOC(=O)c1ccccc1NCn1c(=S)oc2ccccc21. The summed E-state index contributed by atoms with van der Waals surface area (Å²) in [4.78, 5) is 12.4. The molecule has 0 spiro atoms. The number of ether oxygens (including phenoxy) is 1. The lowest BCUT2D eigenvalue weighted by atomic mass is 10.2. The van der Waals surface area contributed by atoms with Gasteiger partial charge < -0.3 is 14.5 Å². The normalized spacial score (nSPS) is 10.7. The van der Waals surface area contributed by atoms with E-state index in [9.17, 15) is 4.79 Å². The van der Waals surface area contributed by atoms with Crippen LogP contribution in [-0.4, -0.2) is 17.1 Å². The second kappa shape index (κ2) is 6.66. The van der Waals surface area contributed by atoms with Crippen molar-refractivity contribution in [1.82, 2.24) is 4.57 Å². The maximum Gasteiger partial charge on any atom is 0.340 e. The first kappa shape index (κ1) is 15.3. The predicted molar refractivity (Wildman–Crippen MR) is 91.1 cm³/mol. The Labute approximate surface area is 138 Å². The molecule has 0 unspecified atom stereocenters. The highest BCUT2D eigenvalue weighted by Crippen LogP contribution is 2.20. The van der Waals surface area contributed by atoms with Crippen molar-refractivity contribution in [1.29, 1.82) is 0 Å². The number of hydrogen-bond donors (Lipinski definition) is 1. The molecule has 1 aromatic heterocycles. The molecule has 3 rings (SSSR count). The Bertz CT molecular complexity index is 898. The Morgan fingerprint density at radius 2 is 1.96 bits per heavy atom. The summed E-state index contributed by atoms with van der Waals surface area (Å²) in [6, 6.07) is 14.9. The number of esters is 1. The summed E-state index contributed by atoms with van der Waals surface area (Å²) >= 11 is 5.26. The predicted octanol–water partition coefficient (Wildman–Crippen LogP) is 4.21. The van der Waals surface area contributed by atoms with Gasteiger partial charge in [0.2, 0.25) is 0 Å². The fraction of sp³-hybridized carbons (Fsp3) is 0.176. The van der Waals surface area contributed by atoms with Crippen LogP contribution in [0.1, 0.15) is 17.3 Å². The average Bonchev–Trinajstić information content (AvgIpc) is 2.88. The molecule has 0 amide bonds. The maximum absolute atomic E-state index is 12.0. The summed E-state index contributed by atoms with van der Waals surface area (Å²) in [5.41, 5.74) is 2.82. The fourth-order valence-corrected chi connectivity index (χ4v) is 2.60. The number of carbonyl (C=O) groups excluding carboxylic acids is 1. The van der Waals surface area contributed by atoms with Crippen LogP contribution in [-0.2, 0) is 11.4 Å². The van der Waals surface area contributed by atoms with Crippen molar-refractivity contribution in [3.8, 4) is 0 Å². The first-order valence-corrected chi connectivity index (χ1v) is 7.70. The summed E-state index contributed by atoms with van der Waals surface area (Å²) in [5.74, 6) is -0.351. The highest BCUT2D eigenvalue weighted by atomic mass is 32.1. The van der Waals surface area contributed by atoms with Gasteiger partial charge in [-0.05, 0) is 43.4 Å². The van der Waals surface area contributed by atoms with Crippen molar-refractivity contribution in [2.45, 2.75) is 13.6 Å². The lowest BCUT2D eigenvalue weighted by Crippen LogP contribution is -2.12. The van der Waals surface area contributed by atoms with Crippen LogP contribution in [0, 0.1) is 4.84 Å². The molecule has 0 aliphatic rings. The highest BCUT2D eigenvalue weighted by molar-refractivity contribution is 7.71. The molecule has 2 aromatic carbocycles. The number of hydrogen-bond acceptors (Lipinski definition) is 5. The number of para-hydroxylation sites is 3. The molecule has 1 N–H and O–H groups in total. The van der Waals surface area contributed by atoms with Gasteiger partial charge in [0.15, 0.2) is 5.58 Å². The molecule has 0 atom stereocenters. The summed E-state index contributed by atoms with van der Waals surface area (Å²) in [5, 5.41) is 3.22. The quantitative estimate of drug-likeness (QED) is 0.561. The van der Waals surface area contributed by atoms with E-state index in [4.69, 9.17) is 21.4 Å². The van der Waals surface area contributed by atoms with Crippen LogP contribution in [0.25, 0.3) is 11.1 Å². The van der Waals surface area contributed by atoms with E-state index in [1.165, 1.54) is 0 Å². The molecule has 23 heavy (non-hydrogen) atoms. The van der Waals surface area contributed by atoms with E-state index < -0.39 is 0 Å². The van der Waals surface area contributed by atoms with Crippen molar-refractivity contribution >= 4 is 35.0 Å². The van der Waals surface area contributed by atoms with E-state index >= 15 is 0 Å². The first-order chi connectivity index (χ1) is 11.2. The first-order valence-electron chi connectivity index (χ1n) is 7.29. The van der Waals surface area contributed by atoms with Crippen LogP contribution in [0.15, 0.2) is 52.9 Å². The van der Waals surface area contributed by atoms with Gasteiger partial charge in [-0.25, -0.2) is 4.79 Å². The molecule has 0 aliphatic carbocycles. The second-order valence-corrected chi connectivity index (χ2v) is 5.21. The monoisotopic (exact) mass is 328 g/mol. The lowest BCUT2D eigenvalue weighted by molar-refractivity contribution is 0.0527. The van der Waals surface area contributed by atoms with E-state index in [1.54, 1.807) is 19.1 Å². The molecule has 0 aliphatic heterocycles. The van der Waals surface area contributed by atoms with Gasteiger partial charge in [0.25, 0.3) is 4.84 Å². The van der Waals surface area contributed by atoms with Crippen molar-refractivity contribution in [2.24, 2.45) is 0 Å². The third kappa shape index (κ3) is 3.12. The Morgan fingerprint density at radius 3 is 2.78 bits per heavy atom. The topological polar surface area (TPSA) is 56.4 Å². The van der Waals surface area contributed by atoms with E-state index in [1.807, 2.05) is 41.0 Å². The standard InChI is InChI=1S/C17H16N2O3S/c1-2-21-16(20)12-7-3-4-8-13(12)18-11-19-14-9-5-6-10-15(14)22-17(19)23/h3-10,18H,2,11H2,1H3. The maximum atomic E-state index is 12.0. The van der Waals surface area contributed by atoms with Crippen LogP contribution in [0.2, 0.25) is 0 Å². The molecule has 0 saturated heterocycles. The molecule has 118 valence electrons. The summed E-state index contributed by atoms with van der Waals surface area (Å²) in [6.07, 6.45) is 0. The molecule has 0 fully saturated rings. The highest BCUT2D eigenvalue weighted by Gasteiger charge is 2.12. The number of oxazole rings is 1. The lowest BCUT2D eigenvalue weighted by Gasteiger charge is -2.12. The van der Waals surface area contributed by atoms with Crippen molar-refractivity contribution < 1.29 is 13.9 Å². The van der Waals surface area contributed by atoms with Crippen LogP contribution < -0.4 is 5.32 Å². The van der Waals surface area contributed by atoms with Gasteiger partial charge in [-0.3, -0.25) is 4.57 Å². The number of anilines is 1. The molecule has 5 nitrogen and oxygen atoms in total. The molecule has 3 aromatic rings. The molecular formula is C17H16N2O3S. The molecule has 0 saturated carbocycles. The third-order valence-corrected chi connectivity index (χ3v) is 3.73. The van der Waals surface area contributed by atoms with Gasteiger partial charge in [-0.15, -0.1) is 0 Å². The number of nitrogens with one attached hydrogen (secondary N) is 1. The van der Waals surface area contributed by atoms with Gasteiger partial charge in [-0.2, -0.15) is 0 Å². The third-order valence-electron chi connectivity index (χ3n) is 3.42. The zero-order chi connectivity index (χ0) is 16.2. The van der Waals surface area contributed by atoms with Crippen LogP contribution in [0.5, 0.6) is 0 Å². The Kier molecular flexibility index (Phi) is 4.43. The number of fused-ring (bicyclic) bond motifs is 1. The molecule has 0 bridgehead atoms. The number of nitrogens with zero attached hydrogens (tertiary/aromatic N) is 1. The van der Waals surface area contributed by atoms with Gasteiger partial charge in [-0.1, -0.05) is 24.3 Å². The van der Waals surface area contributed by atoms with Crippen molar-refractivity contribution in [3.63, 3.8) is 0 Å². The molecule has 6 heteroatoms. The van der Waals surface area contributed by atoms with E-state index in [0.717, 1.165) is 11.1 Å². The number of rotatable bonds is 5. The van der Waals surface area contributed by atoms with E-state index in [2.05, 4.69) is 5.32 Å². The summed E-state index contributed by atoms with van der Waals surface area (Å²) < 4.78 is 12.5. The molecular weight excluding hydrogens is 312 g/mol. The zero-order valence-corrected chi connectivity index (χ0v) is 13.4. The molecule has 1 heterocycles. The summed E-state index contributed by atoms with van der Waals surface area (Å²) in [6.45, 7) is 2.52. The van der Waals surface area contributed by atoms with E-state index in [-0.39, 0.29) is 5.97 Å². The average molecular weight is 328 g/mol. The fourth-order valence-electron chi connectivity index (χ4n) is 2.35. The van der Waals surface area contributed by atoms with Gasteiger partial charge in [0, 0.05) is 0 Å². The largest absolute Gasteiger partial charge is 0.462 e. The van der Waals surface area contributed by atoms with Crippen molar-refractivity contribution in [2.75, 3.05) is 11.9 Å². The second-order valence-electron chi connectivity index (χ2n) is 4.86. The van der Waals surface area contributed by atoms with Crippen LogP contribution in [0.4, 0.5) is 5.69 Å². The Hall–Kier alpha value is -2.60. The summed E-state index contributed by atoms with van der Waals surface area (Å²) in [7, 11) is 0. The Balaban J connectivity index is 1.87. The van der Waals surface area contributed by atoms with Crippen LogP contribution in [0.3, 0.4) is 0 Å². The van der Waals surface area contributed by atoms with Crippen LogP contribution >= 0.6 is 12.2 Å². The zero-order valence-electron chi connectivity index (χ0n) is 12.6. The van der Waals surface area contributed by atoms with E-state index in [0.29, 0.717) is 29.4 Å². The van der Waals surface area contributed by atoms with Gasteiger partial charge in [0.1, 0.15) is 0 Å². The Morgan fingerprint density at radius 1 is 1.22 bits per heavy atom. The number of carbonyl (C=O) groups is 1. The molecule has 0 radical (unpaired) electrons. The number of benzene rings is 2. The number of aromatic nitrogens is 1. The minimum Gasteiger partial charge on any atom is -0.462 e. The van der Waals surface area contributed by atoms with Crippen molar-refractivity contribution in [3.05, 3.63) is 58.9 Å². The minimum absolute atomic E-state index is 0.338. The van der Waals surface area contributed by atoms with Gasteiger partial charge >= 0.3 is 5.97 Å². The minimum atomic E-state index is -0.351. The van der Waals surface area contributed by atoms with Gasteiger partial charge in [0.05, 0.1) is 30.0 Å².